The second kappa shape index (κ2) is 48.5. The SMILES string of the molecule is C=C(C)C(=C)OCC.C=C(C)C(=C)OCc1c(F)c(F)c(S(=O)(=O)[O-])c(F)c1F.C=C(C)C(=O)OC(CC(C)C)C(=O)OCC(F)(F)S(=O)(=O)[O-].C=C(C)c1ccc(OCC)cc1.C=C(C)c1ccc(OCc2c(F)c(F)c(S(=O)(=O)[O-])c(F)c2F)cc1.O=S(=O)(CC(F)(F)F)[N-]S(=O)(=O)c1ccccc1.O=S(=O)(CC(F)(F)F)[N-]S(=O)(=O)c1ccccc1. The van der Waals surface area contributed by atoms with Crippen molar-refractivity contribution in [2.45, 2.75) is 125 Å². The van der Waals surface area contributed by atoms with Gasteiger partial charge < -0.3 is 50.3 Å². The molecule has 0 heterocycles. The number of hydrogen-bond acceptors (Lipinski definition) is 25. The summed E-state index contributed by atoms with van der Waals surface area (Å²) in [4.78, 5) is 17.6. The van der Waals surface area contributed by atoms with E-state index in [4.69, 9.17) is 23.7 Å². The van der Waals surface area contributed by atoms with Crippen molar-refractivity contribution >= 4 is 93.5 Å². The minimum absolute atomic E-state index is 0.0194. The molecule has 6 aromatic rings. The van der Waals surface area contributed by atoms with Crippen molar-refractivity contribution < 1.29 is 181 Å². The molecular weight excluding hydrogens is 1850 g/mol. The van der Waals surface area contributed by atoms with Gasteiger partial charge in [-0.25, -0.2) is 104 Å². The molecule has 0 N–H and O–H groups in total. The Kier molecular flexibility index (Phi) is 44.5. The van der Waals surface area contributed by atoms with E-state index in [1.165, 1.54) is 67.9 Å². The molecule has 692 valence electrons. The summed E-state index contributed by atoms with van der Waals surface area (Å²) in [6.45, 7) is 38.1. The molecular formula is C74H77F16N2O25S7-5. The van der Waals surface area contributed by atoms with Crippen LogP contribution in [0.5, 0.6) is 11.5 Å². The first-order valence-corrected chi connectivity index (χ1v) is 44.0. The number of benzene rings is 6. The van der Waals surface area contributed by atoms with Crippen LogP contribution in [0.15, 0.2) is 203 Å². The minimum atomic E-state index is -5.97. The predicted molar refractivity (Wildman–Crippen MR) is 414 cm³/mol. The Hall–Kier alpha value is -10.0. The first-order valence-electron chi connectivity index (χ1n) is 33.6. The number of nitrogens with zero attached hydrogens (tertiary/aromatic N) is 2. The third-order valence-electron chi connectivity index (χ3n) is 13.7. The van der Waals surface area contributed by atoms with Crippen LogP contribution in [-0.4, -0.2) is 140 Å². The lowest BCUT2D eigenvalue weighted by atomic mass is 10.1. The Bertz CT molecular complexity index is 5480. The molecule has 124 heavy (non-hydrogen) atoms. The van der Waals surface area contributed by atoms with Gasteiger partial charge in [0.2, 0.25) is 0 Å². The van der Waals surface area contributed by atoms with Crippen LogP contribution in [-0.2, 0) is 112 Å². The third kappa shape index (κ3) is 40.3. The first-order chi connectivity index (χ1) is 56.2. The van der Waals surface area contributed by atoms with Crippen LogP contribution in [0, 0.1) is 52.5 Å². The van der Waals surface area contributed by atoms with Gasteiger partial charge in [-0.05, 0) is 132 Å². The second-order valence-electron chi connectivity index (χ2n) is 24.9. The molecule has 0 aliphatic heterocycles. The average molecular weight is 1920 g/mol. The van der Waals surface area contributed by atoms with Gasteiger partial charge in [-0.15, -0.1) is 0 Å². The van der Waals surface area contributed by atoms with Crippen molar-refractivity contribution in [3.63, 3.8) is 0 Å². The fourth-order valence-corrected chi connectivity index (χ4v) is 14.6. The number of halogens is 16. The molecule has 0 saturated heterocycles. The summed E-state index contributed by atoms with van der Waals surface area (Å²) < 4.78 is 424. The molecule has 0 amide bonds. The lowest BCUT2D eigenvalue weighted by Crippen LogP contribution is -2.38. The van der Waals surface area contributed by atoms with Gasteiger partial charge in [0, 0.05) is 15.4 Å². The number of rotatable bonds is 32. The van der Waals surface area contributed by atoms with E-state index in [0.717, 1.165) is 52.3 Å². The summed E-state index contributed by atoms with van der Waals surface area (Å²) in [6.07, 6.45) is -11.6. The van der Waals surface area contributed by atoms with Gasteiger partial charge in [-0.3, -0.25) is 0 Å². The Morgan fingerprint density at radius 1 is 0.427 bits per heavy atom. The minimum Gasteiger partial charge on any atom is -0.744 e. The quantitative estimate of drug-likeness (QED) is 0.00720. The standard InChI is InChI=1S/C16H12F4O4S.C12H10F4O4S.C12H18F2O7S.C11H14O.2C8H7F3NO4S2.C7H12O/c1-8(2)9-3-5-10(6-4-9)24-7-11-12(17)14(19)16(25(21,22)23)15(20)13(11)18;1-5(2)6(3)20-4-7-8(13)10(15)12(21(17,18)19)11(16)9(7)14;1-7(2)5-9(21-10(15)8(3)4)11(16)20-6-12(13,14)22(17,18)19;1-4-12-11-7-5-10(6-8-11)9(2)3;2*9-8(10,11)6-17(13,14)12-18(15,16)7-4-2-1-3-5-7;1-5-8-7(4)6(2)3/h3-6H,1,7H2,2H3,(H,21,22,23);1,3-4H2,2H3,(H,17,18,19);7,9H,3,5-6H2,1-2,4H3,(H,17,18,19);5-8H,2,4H2,1,3H3;2*1-5H,6H2;2,4-5H2,1,3H3/q;;;;2*-1;/p-3. The molecule has 50 heteroatoms. The fourth-order valence-electron chi connectivity index (χ4n) is 7.79. The zero-order chi connectivity index (χ0) is 96.8. The normalized spacial score (nSPS) is 12.0. The lowest BCUT2D eigenvalue weighted by molar-refractivity contribution is -0.170. The van der Waals surface area contributed by atoms with E-state index in [-0.39, 0.29) is 29.4 Å². The molecule has 0 saturated carbocycles. The summed E-state index contributed by atoms with van der Waals surface area (Å²) in [7, 11) is -37.0. The summed E-state index contributed by atoms with van der Waals surface area (Å²) in [6, 6.07) is 26.3. The fraction of sp³-hybridized carbons (Fsp3) is 0.297. The highest BCUT2D eigenvalue weighted by molar-refractivity contribution is 8.12. The highest BCUT2D eigenvalue weighted by Gasteiger charge is 2.41. The van der Waals surface area contributed by atoms with Gasteiger partial charge in [0.05, 0.1) is 44.4 Å². The van der Waals surface area contributed by atoms with Crippen LogP contribution in [0.2, 0.25) is 0 Å². The van der Waals surface area contributed by atoms with E-state index in [2.05, 4.69) is 59.0 Å². The first kappa shape index (κ1) is 114. The van der Waals surface area contributed by atoms with Crippen molar-refractivity contribution in [2.75, 3.05) is 31.3 Å². The summed E-state index contributed by atoms with van der Waals surface area (Å²) in [5, 5.41) is -4.76. The zero-order valence-corrected chi connectivity index (χ0v) is 71.9. The molecule has 6 aromatic carbocycles. The smallest absolute Gasteiger partial charge is 0.401 e. The molecule has 0 radical (unpaired) electrons. The van der Waals surface area contributed by atoms with E-state index in [1.54, 1.807) is 32.9 Å². The number of allylic oxidation sites excluding steroid dienone is 4. The van der Waals surface area contributed by atoms with E-state index in [1.807, 2.05) is 52.0 Å². The van der Waals surface area contributed by atoms with Crippen molar-refractivity contribution in [3.05, 3.63) is 261 Å². The number of hydrogen-bond donors (Lipinski definition) is 0. The Balaban J connectivity index is 0.00000145. The van der Waals surface area contributed by atoms with E-state index >= 15 is 0 Å². The van der Waals surface area contributed by atoms with Crippen LogP contribution in [0.3, 0.4) is 0 Å². The number of esters is 2. The highest BCUT2D eigenvalue weighted by Crippen LogP contribution is 2.33. The molecule has 0 bridgehead atoms. The van der Waals surface area contributed by atoms with E-state index in [9.17, 15) is 152 Å². The molecule has 1 atom stereocenters. The highest BCUT2D eigenvalue weighted by atomic mass is 32.3. The number of ether oxygens (including phenoxy) is 6. The summed E-state index contributed by atoms with van der Waals surface area (Å²) >= 11 is 0. The second-order valence-corrected chi connectivity index (χ2v) is 36.0. The summed E-state index contributed by atoms with van der Waals surface area (Å²) in [5.41, 5.74) is 2.59. The van der Waals surface area contributed by atoms with Gasteiger partial charge in [0.15, 0.2) is 69.4 Å². The van der Waals surface area contributed by atoms with E-state index < -0.39 is 215 Å². The maximum Gasteiger partial charge on any atom is 0.401 e. The van der Waals surface area contributed by atoms with Crippen LogP contribution >= 0.6 is 0 Å². The van der Waals surface area contributed by atoms with Gasteiger partial charge in [0.1, 0.15) is 97.8 Å². The van der Waals surface area contributed by atoms with Gasteiger partial charge in [-0.1, -0.05) is 132 Å². The van der Waals surface area contributed by atoms with Crippen molar-refractivity contribution in [2.24, 2.45) is 5.92 Å². The van der Waals surface area contributed by atoms with Crippen LogP contribution in [0.25, 0.3) is 19.4 Å². The number of sulfonamides is 4. The van der Waals surface area contributed by atoms with Crippen molar-refractivity contribution in [1.29, 1.82) is 0 Å². The number of carbonyl (C=O) groups is 2. The molecule has 6 rings (SSSR count). The van der Waals surface area contributed by atoms with Crippen LogP contribution in [0.1, 0.15) is 91.0 Å². The maximum atomic E-state index is 13.8. The predicted octanol–water partition coefficient (Wildman–Crippen LogP) is 16.2. The monoisotopic (exact) mass is 1920 g/mol. The van der Waals surface area contributed by atoms with Gasteiger partial charge in [0.25, 0.3) is 0 Å². The summed E-state index contributed by atoms with van der Waals surface area (Å²) in [5.74, 6) is -22.7. The van der Waals surface area contributed by atoms with Gasteiger partial charge in [-0.2, -0.15) is 35.1 Å². The molecule has 0 fully saturated rings. The largest absolute Gasteiger partial charge is 0.744 e. The third-order valence-corrected chi connectivity index (χ3v) is 22.7. The van der Waals surface area contributed by atoms with Crippen molar-refractivity contribution in [3.8, 4) is 11.5 Å². The Morgan fingerprint density at radius 2 is 0.750 bits per heavy atom. The molecule has 0 aliphatic carbocycles. The zero-order valence-electron chi connectivity index (χ0n) is 66.2. The topological polar surface area (TPSA) is 426 Å². The van der Waals surface area contributed by atoms with Crippen LogP contribution in [0.4, 0.5) is 70.2 Å². The number of carbonyl (C=O) groups excluding carboxylic acids is 2. The average Bonchev–Trinajstić information content (AvgIpc) is 0.771. The van der Waals surface area contributed by atoms with Crippen LogP contribution < -0.4 is 9.47 Å². The van der Waals surface area contributed by atoms with Crippen molar-refractivity contribution in [1.82, 2.24) is 0 Å². The Morgan fingerprint density at radius 3 is 1.02 bits per heavy atom. The maximum absolute atomic E-state index is 13.8. The Labute approximate surface area is 704 Å². The molecule has 1 unspecified atom stereocenters. The molecule has 0 aromatic heterocycles. The number of alkyl halides is 8. The molecule has 0 aliphatic rings. The molecule has 0 spiro atoms. The molecule has 27 nitrogen and oxygen atoms in total. The van der Waals surface area contributed by atoms with Gasteiger partial charge >= 0.3 is 29.5 Å². The van der Waals surface area contributed by atoms with E-state index in [0.29, 0.717) is 24.5 Å². The lowest BCUT2D eigenvalue weighted by Gasteiger charge is -2.22.